The smallest absolute Gasteiger partial charge is 0.233 e. The van der Waals surface area contributed by atoms with Crippen molar-refractivity contribution in [2.45, 2.75) is 89.9 Å². The van der Waals surface area contributed by atoms with Gasteiger partial charge in [0, 0.05) is 50.0 Å². The van der Waals surface area contributed by atoms with E-state index in [1.807, 2.05) is 0 Å². The number of hydrogen-bond acceptors (Lipinski definition) is 8. The van der Waals surface area contributed by atoms with E-state index in [9.17, 15) is 19.2 Å². The van der Waals surface area contributed by atoms with Gasteiger partial charge in [-0.3, -0.25) is 30.0 Å². The molecule has 0 spiro atoms. The predicted molar refractivity (Wildman–Crippen MR) is 124 cm³/mol. The van der Waals surface area contributed by atoms with Crippen molar-refractivity contribution in [3.8, 4) is 0 Å². The second kappa shape index (κ2) is 21.1. The third-order valence-electron chi connectivity index (χ3n) is 4.49. The minimum atomic E-state index is -0.161. The predicted octanol–water partition coefficient (Wildman–Crippen LogP) is 2.95. The van der Waals surface area contributed by atoms with Crippen LogP contribution in [0.15, 0.2) is 0 Å². The van der Waals surface area contributed by atoms with Gasteiger partial charge >= 0.3 is 0 Å². The molecule has 0 heterocycles. The zero-order chi connectivity index (χ0) is 22.5. The summed E-state index contributed by atoms with van der Waals surface area (Å²) in [6, 6.07) is 0. The molecule has 0 aromatic rings. The standard InChI is InChI=1S/C20H38N4O4S2/c21-23-19(27)13-5-1-3-9-17(25)11-7-15-29-30-16-8-12-18(26)10-4-2-6-14-20(28)24-22/h1-16,21-22H2,(H,23,27)(H,24,28). The second-order valence-electron chi connectivity index (χ2n) is 7.18. The molecule has 0 rings (SSSR count). The van der Waals surface area contributed by atoms with Gasteiger partial charge in [0.2, 0.25) is 11.8 Å². The van der Waals surface area contributed by atoms with E-state index in [4.69, 9.17) is 11.7 Å². The maximum atomic E-state index is 11.8. The van der Waals surface area contributed by atoms with Crippen molar-refractivity contribution < 1.29 is 19.2 Å². The van der Waals surface area contributed by atoms with E-state index in [1.165, 1.54) is 0 Å². The summed E-state index contributed by atoms with van der Waals surface area (Å²) >= 11 is 0. The van der Waals surface area contributed by atoms with E-state index >= 15 is 0 Å². The average molecular weight is 463 g/mol. The van der Waals surface area contributed by atoms with Gasteiger partial charge in [-0.2, -0.15) is 0 Å². The van der Waals surface area contributed by atoms with E-state index in [1.54, 1.807) is 21.6 Å². The summed E-state index contributed by atoms with van der Waals surface area (Å²) < 4.78 is 0. The topological polar surface area (TPSA) is 144 Å². The molecular formula is C20H38N4O4S2. The van der Waals surface area contributed by atoms with E-state index in [-0.39, 0.29) is 23.4 Å². The van der Waals surface area contributed by atoms with Gasteiger partial charge in [-0.05, 0) is 38.5 Å². The van der Waals surface area contributed by atoms with Crippen LogP contribution in [0.4, 0.5) is 0 Å². The fourth-order valence-electron chi connectivity index (χ4n) is 2.74. The van der Waals surface area contributed by atoms with Gasteiger partial charge in [0.15, 0.2) is 0 Å². The summed E-state index contributed by atoms with van der Waals surface area (Å²) in [6.45, 7) is 0. The Morgan fingerprint density at radius 1 is 0.500 bits per heavy atom. The summed E-state index contributed by atoms with van der Waals surface area (Å²) in [6.07, 6.45) is 9.92. The van der Waals surface area contributed by atoms with Crippen LogP contribution in [0.3, 0.4) is 0 Å². The van der Waals surface area contributed by atoms with Crippen LogP contribution in [-0.4, -0.2) is 34.9 Å². The molecule has 0 bridgehead atoms. The lowest BCUT2D eigenvalue weighted by Gasteiger charge is -2.03. The largest absolute Gasteiger partial charge is 0.300 e. The number of carbonyl (C=O) groups is 4. The Morgan fingerprint density at radius 2 is 0.833 bits per heavy atom. The van der Waals surface area contributed by atoms with Crippen molar-refractivity contribution in [1.29, 1.82) is 0 Å². The third kappa shape index (κ3) is 20.2. The van der Waals surface area contributed by atoms with Gasteiger partial charge in [-0.1, -0.05) is 34.4 Å². The average Bonchev–Trinajstić information content (AvgIpc) is 2.74. The van der Waals surface area contributed by atoms with Crippen LogP contribution >= 0.6 is 21.6 Å². The number of Topliss-reactive ketones (excluding diaryl/α,β-unsaturated/α-hetero) is 2. The number of carbonyl (C=O) groups excluding carboxylic acids is 4. The lowest BCUT2D eigenvalue weighted by Crippen LogP contribution is -2.29. The van der Waals surface area contributed by atoms with Gasteiger partial charge in [-0.25, -0.2) is 11.7 Å². The maximum Gasteiger partial charge on any atom is 0.233 e. The second-order valence-corrected chi connectivity index (χ2v) is 9.89. The molecule has 0 aliphatic carbocycles. The number of amides is 2. The SMILES string of the molecule is NNC(=O)CCCCCC(=O)CCCSSCCCC(=O)CCCCCC(=O)NN. The first kappa shape index (κ1) is 28.9. The van der Waals surface area contributed by atoms with E-state index in [0.29, 0.717) is 38.5 Å². The number of rotatable bonds is 21. The quantitative estimate of drug-likeness (QED) is 0.0670. The highest BCUT2D eigenvalue weighted by Crippen LogP contribution is 2.24. The van der Waals surface area contributed by atoms with E-state index in [0.717, 1.165) is 62.9 Å². The summed E-state index contributed by atoms with van der Waals surface area (Å²) in [5, 5.41) is 0. The fourth-order valence-corrected chi connectivity index (χ4v) is 4.91. The molecule has 2 amide bonds. The Labute approximate surface area is 188 Å². The minimum Gasteiger partial charge on any atom is -0.300 e. The zero-order valence-corrected chi connectivity index (χ0v) is 19.6. The maximum absolute atomic E-state index is 11.8. The van der Waals surface area contributed by atoms with Crippen molar-refractivity contribution in [3.05, 3.63) is 0 Å². The molecular weight excluding hydrogens is 424 g/mol. The van der Waals surface area contributed by atoms with Crippen molar-refractivity contribution in [3.63, 3.8) is 0 Å². The molecule has 30 heavy (non-hydrogen) atoms. The molecule has 0 aromatic carbocycles. The molecule has 8 nitrogen and oxygen atoms in total. The molecule has 0 saturated heterocycles. The summed E-state index contributed by atoms with van der Waals surface area (Å²) in [4.78, 5) is 45.5. The molecule has 0 aromatic heterocycles. The Morgan fingerprint density at radius 3 is 1.20 bits per heavy atom. The number of hydrazine groups is 2. The van der Waals surface area contributed by atoms with Crippen LogP contribution in [0.1, 0.15) is 89.9 Å². The molecule has 0 saturated carbocycles. The van der Waals surface area contributed by atoms with Crippen molar-refractivity contribution in [2.24, 2.45) is 11.7 Å². The summed E-state index contributed by atoms with van der Waals surface area (Å²) in [5.41, 5.74) is 4.20. The number of hydrogen-bond donors (Lipinski definition) is 4. The highest BCUT2D eigenvalue weighted by molar-refractivity contribution is 8.76. The van der Waals surface area contributed by atoms with Gasteiger partial charge < -0.3 is 0 Å². The van der Waals surface area contributed by atoms with Gasteiger partial charge in [-0.15, -0.1) is 0 Å². The lowest BCUT2D eigenvalue weighted by atomic mass is 10.1. The minimum absolute atomic E-state index is 0.161. The van der Waals surface area contributed by atoms with Crippen molar-refractivity contribution in [2.75, 3.05) is 11.5 Å². The van der Waals surface area contributed by atoms with Gasteiger partial charge in [0.05, 0.1) is 0 Å². The van der Waals surface area contributed by atoms with E-state index < -0.39 is 0 Å². The Kier molecular flexibility index (Phi) is 20.4. The molecule has 0 radical (unpaired) electrons. The number of nitrogens with one attached hydrogen (secondary N) is 2. The van der Waals surface area contributed by atoms with Crippen LogP contribution in [0.2, 0.25) is 0 Å². The molecule has 0 aliphatic rings. The van der Waals surface area contributed by atoms with Crippen LogP contribution in [0.25, 0.3) is 0 Å². The van der Waals surface area contributed by atoms with Crippen molar-refractivity contribution >= 4 is 45.0 Å². The Hall–Kier alpha value is -1.10. The monoisotopic (exact) mass is 462 g/mol. The lowest BCUT2D eigenvalue weighted by molar-refractivity contribution is -0.122. The fraction of sp³-hybridized carbons (Fsp3) is 0.800. The summed E-state index contributed by atoms with van der Waals surface area (Å²) in [7, 11) is 3.53. The highest BCUT2D eigenvalue weighted by atomic mass is 33.1. The number of ketones is 2. The first-order valence-electron chi connectivity index (χ1n) is 10.8. The molecule has 0 atom stereocenters. The highest BCUT2D eigenvalue weighted by Gasteiger charge is 2.05. The van der Waals surface area contributed by atoms with Crippen LogP contribution in [-0.2, 0) is 19.2 Å². The van der Waals surface area contributed by atoms with Crippen LogP contribution < -0.4 is 22.5 Å². The van der Waals surface area contributed by atoms with Crippen LogP contribution in [0, 0.1) is 0 Å². The molecule has 174 valence electrons. The Balaban J connectivity index is 3.34. The van der Waals surface area contributed by atoms with Gasteiger partial charge in [0.25, 0.3) is 0 Å². The summed E-state index contributed by atoms with van der Waals surface area (Å²) in [5.74, 6) is 12.2. The normalized spacial score (nSPS) is 10.6. The molecule has 0 aliphatic heterocycles. The number of nitrogens with two attached hydrogens (primary N) is 2. The molecule has 6 N–H and O–H groups in total. The Bertz CT molecular complexity index is 463. The third-order valence-corrected chi connectivity index (χ3v) is 7.07. The zero-order valence-electron chi connectivity index (χ0n) is 17.9. The first-order chi connectivity index (χ1) is 14.5. The number of unbranched alkanes of at least 4 members (excludes halogenated alkanes) is 4. The van der Waals surface area contributed by atoms with E-state index in [2.05, 4.69) is 10.9 Å². The van der Waals surface area contributed by atoms with Gasteiger partial charge in [0.1, 0.15) is 11.6 Å². The molecule has 10 heteroatoms. The molecule has 0 fully saturated rings. The molecule has 0 unspecified atom stereocenters. The van der Waals surface area contributed by atoms with Crippen LogP contribution in [0.5, 0.6) is 0 Å². The first-order valence-corrected chi connectivity index (χ1v) is 13.2. The van der Waals surface area contributed by atoms with Crippen molar-refractivity contribution in [1.82, 2.24) is 10.9 Å².